The van der Waals surface area contributed by atoms with Gasteiger partial charge in [0.05, 0.1) is 0 Å². The number of amides is 1. The van der Waals surface area contributed by atoms with Gasteiger partial charge in [-0.25, -0.2) is 0 Å². The van der Waals surface area contributed by atoms with E-state index in [9.17, 15) is 4.79 Å². The van der Waals surface area contributed by atoms with Crippen molar-refractivity contribution in [3.05, 3.63) is 35.4 Å². The first-order valence-corrected chi connectivity index (χ1v) is 7.29. The van der Waals surface area contributed by atoms with Crippen molar-refractivity contribution < 1.29 is 4.79 Å². The fourth-order valence-electron chi connectivity index (χ4n) is 2.57. The lowest BCUT2D eigenvalue weighted by Crippen LogP contribution is -2.40. The Morgan fingerprint density at radius 1 is 1.42 bits per heavy atom. The Bertz CT molecular complexity index is 409. The summed E-state index contributed by atoms with van der Waals surface area (Å²) in [6, 6.07) is 8.69. The summed E-state index contributed by atoms with van der Waals surface area (Å²) in [7, 11) is 0. The van der Waals surface area contributed by atoms with Crippen molar-refractivity contribution in [2.45, 2.75) is 45.1 Å². The monoisotopic (exact) mass is 260 g/mol. The van der Waals surface area contributed by atoms with Crippen LogP contribution < -0.4 is 10.6 Å². The number of nitrogens with one attached hydrogen (secondary N) is 2. The minimum Gasteiger partial charge on any atom is -0.352 e. The number of carbonyl (C=O) groups excluding carboxylic acids is 1. The van der Waals surface area contributed by atoms with Crippen LogP contribution in [0.1, 0.15) is 36.8 Å². The van der Waals surface area contributed by atoms with Gasteiger partial charge in [0.15, 0.2) is 0 Å². The maximum Gasteiger partial charge on any atom is 0.220 e. The quantitative estimate of drug-likeness (QED) is 0.871. The van der Waals surface area contributed by atoms with Crippen LogP contribution in [0.5, 0.6) is 0 Å². The SMILES string of the molecule is Cc1cccc(CCC(=O)NC2CCCCNC2)c1. The molecule has 1 amide bonds. The van der Waals surface area contributed by atoms with Crippen molar-refractivity contribution in [2.75, 3.05) is 13.1 Å². The lowest BCUT2D eigenvalue weighted by atomic mass is 10.1. The Kier molecular flexibility index (Phi) is 5.40. The van der Waals surface area contributed by atoms with Crippen LogP contribution in [0.3, 0.4) is 0 Å². The Morgan fingerprint density at radius 3 is 3.16 bits per heavy atom. The van der Waals surface area contributed by atoms with Crippen molar-refractivity contribution >= 4 is 5.91 Å². The number of benzene rings is 1. The first-order valence-electron chi connectivity index (χ1n) is 7.29. The lowest BCUT2D eigenvalue weighted by Gasteiger charge is -2.16. The minimum atomic E-state index is 0.176. The molecule has 1 saturated heterocycles. The Balaban J connectivity index is 1.74. The lowest BCUT2D eigenvalue weighted by molar-refractivity contribution is -0.121. The van der Waals surface area contributed by atoms with E-state index in [1.807, 2.05) is 0 Å². The van der Waals surface area contributed by atoms with Crippen LogP contribution in [0.15, 0.2) is 24.3 Å². The van der Waals surface area contributed by atoms with Crippen molar-refractivity contribution in [3.8, 4) is 0 Å². The van der Waals surface area contributed by atoms with Gasteiger partial charge in [0.25, 0.3) is 0 Å². The van der Waals surface area contributed by atoms with Crippen LogP contribution in [-0.4, -0.2) is 25.0 Å². The molecule has 104 valence electrons. The molecule has 19 heavy (non-hydrogen) atoms. The largest absolute Gasteiger partial charge is 0.352 e. The first kappa shape index (κ1) is 14.1. The molecule has 3 nitrogen and oxygen atoms in total. The van der Waals surface area contributed by atoms with E-state index in [4.69, 9.17) is 0 Å². The zero-order valence-corrected chi connectivity index (χ0v) is 11.7. The van der Waals surface area contributed by atoms with E-state index in [1.54, 1.807) is 0 Å². The summed E-state index contributed by atoms with van der Waals surface area (Å²) in [4.78, 5) is 11.9. The van der Waals surface area contributed by atoms with E-state index in [0.29, 0.717) is 12.5 Å². The molecule has 0 aliphatic carbocycles. The molecular formula is C16H24N2O. The second-order valence-electron chi connectivity index (χ2n) is 5.45. The Morgan fingerprint density at radius 2 is 2.32 bits per heavy atom. The van der Waals surface area contributed by atoms with Crippen LogP contribution in [0.25, 0.3) is 0 Å². The van der Waals surface area contributed by atoms with Crippen LogP contribution in [-0.2, 0) is 11.2 Å². The molecule has 3 heteroatoms. The highest BCUT2D eigenvalue weighted by Gasteiger charge is 2.14. The van der Waals surface area contributed by atoms with Crippen molar-refractivity contribution in [3.63, 3.8) is 0 Å². The van der Waals surface area contributed by atoms with Gasteiger partial charge in [-0.1, -0.05) is 36.2 Å². The average Bonchev–Trinajstić information content (AvgIpc) is 2.65. The molecule has 1 heterocycles. The number of hydrogen-bond donors (Lipinski definition) is 2. The summed E-state index contributed by atoms with van der Waals surface area (Å²) in [5.74, 6) is 0.176. The second-order valence-corrected chi connectivity index (χ2v) is 5.45. The van der Waals surface area contributed by atoms with E-state index in [-0.39, 0.29) is 5.91 Å². The van der Waals surface area contributed by atoms with Gasteiger partial charge in [0, 0.05) is 19.0 Å². The molecule has 0 aromatic heterocycles. The van der Waals surface area contributed by atoms with E-state index in [2.05, 4.69) is 41.8 Å². The summed E-state index contributed by atoms with van der Waals surface area (Å²) >= 11 is 0. The van der Waals surface area contributed by atoms with Crippen LogP contribution >= 0.6 is 0 Å². The molecule has 1 unspecified atom stereocenters. The topological polar surface area (TPSA) is 41.1 Å². The highest BCUT2D eigenvalue weighted by molar-refractivity contribution is 5.76. The molecule has 2 N–H and O–H groups in total. The number of carbonyl (C=O) groups is 1. The zero-order valence-electron chi connectivity index (χ0n) is 11.7. The summed E-state index contributed by atoms with van der Waals surface area (Å²) in [5, 5.41) is 6.51. The molecule has 0 saturated carbocycles. The summed E-state index contributed by atoms with van der Waals surface area (Å²) in [6.07, 6.45) is 4.93. The van der Waals surface area contributed by atoms with Gasteiger partial charge in [-0.15, -0.1) is 0 Å². The van der Waals surface area contributed by atoms with Gasteiger partial charge in [-0.3, -0.25) is 4.79 Å². The fourth-order valence-corrected chi connectivity index (χ4v) is 2.57. The molecule has 0 spiro atoms. The molecule has 1 aromatic carbocycles. The van der Waals surface area contributed by atoms with Gasteiger partial charge in [-0.05, 0) is 38.3 Å². The predicted octanol–water partition coefficient (Wildman–Crippen LogP) is 2.19. The van der Waals surface area contributed by atoms with E-state index in [1.165, 1.54) is 24.0 Å². The Hall–Kier alpha value is -1.35. The first-order chi connectivity index (χ1) is 9.24. The van der Waals surface area contributed by atoms with Gasteiger partial charge < -0.3 is 10.6 Å². The molecular weight excluding hydrogens is 236 g/mol. The summed E-state index contributed by atoms with van der Waals surface area (Å²) < 4.78 is 0. The molecule has 1 atom stereocenters. The van der Waals surface area contributed by atoms with Crippen molar-refractivity contribution in [1.29, 1.82) is 0 Å². The molecule has 1 fully saturated rings. The smallest absolute Gasteiger partial charge is 0.220 e. The number of aryl methyl sites for hydroxylation is 2. The second kappa shape index (κ2) is 7.29. The molecule has 2 rings (SSSR count). The van der Waals surface area contributed by atoms with Crippen LogP contribution in [0, 0.1) is 6.92 Å². The highest BCUT2D eigenvalue weighted by atomic mass is 16.1. The summed E-state index contributed by atoms with van der Waals surface area (Å²) in [5.41, 5.74) is 2.50. The third-order valence-corrected chi connectivity index (χ3v) is 3.64. The van der Waals surface area contributed by atoms with Gasteiger partial charge in [0.2, 0.25) is 5.91 Å². The maximum absolute atomic E-state index is 11.9. The highest BCUT2D eigenvalue weighted by Crippen LogP contribution is 2.08. The maximum atomic E-state index is 11.9. The summed E-state index contributed by atoms with van der Waals surface area (Å²) in [6.45, 7) is 4.08. The molecule has 1 aliphatic rings. The number of hydrogen-bond acceptors (Lipinski definition) is 2. The van der Waals surface area contributed by atoms with Gasteiger partial charge in [-0.2, -0.15) is 0 Å². The fraction of sp³-hybridized carbons (Fsp3) is 0.562. The van der Waals surface area contributed by atoms with Gasteiger partial charge in [0.1, 0.15) is 0 Å². The Labute approximate surface area is 115 Å². The van der Waals surface area contributed by atoms with Gasteiger partial charge >= 0.3 is 0 Å². The van der Waals surface area contributed by atoms with E-state index in [0.717, 1.165) is 25.9 Å². The average molecular weight is 260 g/mol. The zero-order chi connectivity index (χ0) is 13.5. The third kappa shape index (κ3) is 5.03. The van der Waals surface area contributed by atoms with E-state index >= 15 is 0 Å². The molecule has 0 radical (unpaired) electrons. The van der Waals surface area contributed by atoms with Crippen molar-refractivity contribution in [1.82, 2.24) is 10.6 Å². The van der Waals surface area contributed by atoms with E-state index < -0.39 is 0 Å². The van der Waals surface area contributed by atoms with Crippen LogP contribution in [0.4, 0.5) is 0 Å². The molecule has 1 aliphatic heterocycles. The molecule has 0 bridgehead atoms. The normalized spacial score (nSPS) is 19.7. The standard InChI is InChI=1S/C16H24N2O/c1-13-5-4-6-14(11-13)8-9-16(19)18-15-7-2-3-10-17-12-15/h4-6,11,15,17H,2-3,7-10,12H2,1H3,(H,18,19). The number of rotatable bonds is 4. The van der Waals surface area contributed by atoms with Crippen LogP contribution in [0.2, 0.25) is 0 Å². The minimum absolute atomic E-state index is 0.176. The molecule has 1 aromatic rings. The predicted molar refractivity (Wildman–Crippen MR) is 78.2 cm³/mol. The van der Waals surface area contributed by atoms with Crippen molar-refractivity contribution in [2.24, 2.45) is 0 Å². The third-order valence-electron chi connectivity index (χ3n) is 3.64.